The number of ether oxygens (including phenoxy) is 1. The van der Waals surface area contributed by atoms with E-state index in [4.69, 9.17) is 10.5 Å². The standard InChI is InChI=1S/C17H24N2O2/c1-11-3-6-13(9-15(11)21-2)17(7-8-17)16(20)19-10-14(18)12-4-5-12/h3,6,9,12,14H,4-5,7-8,10,18H2,1-2H3,(H,19,20). The molecule has 0 radical (unpaired) electrons. The molecule has 4 nitrogen and oxygen atoms in total. The first kappa shape index (κ1) is 14.4. The van der Waals surface area contributed by atoms with E-state index in [1.807, 2.05) is 25.1 Å². The molecule has 3 N–H and O–H groups in total. The van der Waals surface area contributed by atoms with Crippen molar-refractivity contribution in [2.75, 3.05) is 13.7 Å². The van der Waals surface area contributed by atoms with Gasteiger partial charge in [-0.1, -0.05) is 12.1 Å². The molecule has 4 heteroatoms. The average Bonchev–Trinajstić information content (AvgIpc) is 3.37. The van der Waals surface area contributed by atoms with Crippen LogP contribution < -0.4 is 15.8 Å². The zero-order chi connectivity index (χ0) is 15.0. The third-order valence-corrected chi connectivity index (χ3v) is 4.87. The van der Waals surface area contributed by atoms with Crippen LogP contribution in [-0.4, -0.2) is 25.6 Å². The molecule has 0 bridgehead atoms. The van der Waals surface area contributed by atoms with Crippen LogP contribution >= 0.6 is 0 Å². The largest absolute Gasteiger partial charge is 0.496 e. The van der Waals surface area contributed by atoms with Crippen LogP contribution in [0.5, 0.6) is 5.75 Å². The molecule has 0 spiro atoms. The Morgan fingerprint density at radius 1 is 1.48 bits per heavy atom. The van der Waals surface area contributed by atoms with E-state index in [1.165, 1.54) is 12.8 Å². The van der Waals surface area contributed by atoms with E-state index in [9.17, 15) is 4.79 Å². The van der Waals surface area contributed by atoms with Crippen LogP contribution in [0.15, 0.2) is 18.2 Å². The third-order valence-electron chi connectivity index (χ3n) is 4.87. The van der Waals surface area contributed by atoms with Crippen LogP contribution in [0, 0.1) is 12.8 Å². The zero-order valence-electron chi connectivity index (χ0n) is 12.8. The number of aryl methyl sites for hydroxylation is 1. The second-order valence-corrected chi connectivity index (χ2v) is 6.48. The van der Waals surface area contributed by atoms with Crippen LogP contribution in [0.25, 0.3) is 0 Å². The second kappa shape index (κ2) is 5.34. The van der Waals surface area contributed by atoms with Crippen molar-refractivity contribution in [3.05, 3.63) is 29.3 Å². The van der Waals surface area contributed by atoms with Crippen molar-refractivity contribution in [2.45, 2.75) is 44.1 Å². The maximum atomic E-state index is 12.6. The molecule has 1 aromatic carbocycles. The molecule has 1 unspecified atom stereocenters. The van der Waals surface area contributed by atoms with Gasteiger partial charge in [-0.05, 0) is 55.7 Å². The highest BCUT2D eigenvalue weighted by molar-refractivity contribution is 5.91. The molecule has 1 aromatic rings. The summed E-state index contributed by atoms with van der Waals surface area (Å²) < 4.78 is 5.37. The third kappa shape index (κ3) is 2.77. The highest BCUT2D eigenvalue weighted by Gasteiger charge is 2.51. The molecule has 2 aliphatic rings. The topological polar surface area (TPSA) is 64.3 Å². The van der Waals surface area contributed by atoms with E-state index in [-0.39, 0.29) is 17.4 Å². The number of benzene rings is 1. The lowest BCUT2D eigenvalue weighted by Crippen LogP contribution is -2.43. The normalized spacial score (nSPS) is 20.7. The van der Waals surface area contributed by atoms with E-state index in [1.54, 1.807) is 7.11 Å². The van der Waals surface area contributed by atoms with Gasteiger partial charge < -0.3 is 15.8 Å². The molecule has 1 atom stereocenters. The van der Waals surface area contributed by atoms with Crippen LogP contribution in [0.2, 0.25) is 0 Å². The summed E-state index contributed by atoms with van der Waals surface area (Å²) in [6.07, 6.45) is 4.22. The first-order valence-corrected chi connectivity index (χ1v) is 7.76. The van der Waals surface area contributed by atoms with Gasteiger partial charge in [0.15, 0.2) is 0 Å². The van der Waals surface area contributed by atoms with Gasteiger partial charge in [-0.15, -0.1) is 0 Å². The lowest BCUT2D eigenvalue weighted by atomic mass is 9.93. The smallest absolute Gasteiger partial charge is 0.230 e. The molecular formula is C17H24N2O2. The van der Waals surface area contributed by atoms with E-state index in [0.717, 1.165) is 29.7 Å². The molecule has 2 aliphatic carbocycles. The molecule has 0 aliphatic heterocycles. The molecule has 2 saturated carbocycles. The fraction of sp³-hybridized carbons (Fsp3) is 0.588. The van der Waals surface area contributed by atoms with Gasteiger partial charge in [-0.3, -0.25) is 4.79 Å². The lowest BCUT2D eigenvalue weighted by molar-refractivity contribution is -0.123. The second-order valence-electron chi connectivity index (χ2n) is 6.48. The van der Waals surface area contributed by atoms with Crippen molar-refractivity contribution < 1.29 is 9.53 Å². The molecule has 1 amide bonds. The summed E-state index contributed by atoms with van der Waals surface area (Å²) in [5, 5.41) is 3.05. The first-order valence-electron chi connectivity index (χ1n) is 7.76. The summed E-state index contributed by atoms with van der Waals surface area (Å²) >= 11 is 0. The predicted molar refractivity (Wildman–Crippen MR) is 82.4 cm³/mol. The first-order chi connectivity index (χ1) is 10.1. The van der Waals surface area contributed by atoms with Gasteiger partial charge in [0.2, 0.25) is 5.91 Å². The molecule has 0 heterocycles. The Bertz CT molecular complexity index is 548. The number of carbonyl (C=O) groups excluding carboxylic acids is 1. The highest BCUT2D eigenvalue weighted by Crippen LogP contribution is 2.49. The summed E-state index contributed by atoms with van der Waals surface area (Å²) in [6, 6.07) is 6.18. The summed E-state index contributed by atoms with van der Waals surface area (Å²) in [4.78, 5) is 12.6. The molecule has 0 aromatic heterocycles. The Labute approximate surface area is 126 Å². The van der Waals surface area contributed by atoms with Crippen molar-refractivity contribution in [1.29, 1.82) is 0 Å². The summed E-state index contributed by atoms with van der Waals surface area (Å²) in [7, 11) is 1.67. The summed E-state index contributed by atoms with van der Waals surface area (Å²) in [5.74, 6) is 1.57. The van der Waals surface area contributed by atoms with Crippen molar-refractivity contribution >= 4 is 5.91 Å². The summed E-state index contributed by atoms with van der Waals surface area (Å²) in [6.45, 7) is 2.60. The van der Waals surface area contributed by atoms with E-state index >= 15 is 0 Å². The Balaban J connectivity index is 1.69. The van der Waals surface area contributed by atoms with Crippen molar-refractivity contribution in [2.24, 2.45) is 11.7 Å². The average molecular weight is 288 g/mol. The highest BCUT2D eigenvalue weighted by atomic mass is 16.5. The van der Waals surface area contributed by atoms with E-state index in [0.29, 0.717) is 12.5 Å². The van der Waals surface area contributed by atoms with Gasteiger partial charge in [0.05, 0.1) is 12.5 Å². The number of amides is 1. The molecule has 0 saturated heterocycles. The van der Waals surface area contributed by atoms with E-state index < -0.39 is 0 Å². The van der Waals surface area contributed by atoms with Crippen LogP contribution in [-0.2, 0) is 10.2 Å². The number of rotatable bonds is 6. The molecule has 114 valence electrons. The fourth-order valence-electron chi connectivity index (χ4n) is 2.96. The summed E-state index contributed by atoms with van der Waals surface area (Å²) in [5.41, 5.74) is 7.85. The van der Waals surface area contributed by atoms with Crippen LogP contribution in [0.4, 0.5) is 0 Å². The van der Waals surface area contributed by atoms with Crippen LogP contribution in [0.1, 0.15) is 36.8 Å². The number of carbonyl (C=O) groups is 1. The Hall–Kier alpha value is -1.55. The minimum absolute atomic E-state index is 0.109. The van der Waals surface area contributed by atoms with Gasteiger partial charge in [-0.25, -0.2) is 0 Å². The Morgan fingerprint density at radius 3 is 2.76 bits per heavy atom. The molecule has 2 fully saturated rings. The van der Waals surface area contributed by atoms with Gasteiger partial charge in [0, 0.05) is 12.6 Å². The van der Waals surface area contributed by atoms with Gasteiger partial charge in [0.1, 0.15) is 5.75 Å². The number of methoxy groups -OCH3 is 1. The number of hydrogen-bond donors (Lipinski definition) is 2. The molecule has 21 heavy (non-hydrogen) atoms. The van der Waals surface area contributed by atoms with Crippen LogP contribution in [0.3, 0.4) is 0 Å². The van der Waals surface area contributed by atoms with Crippen molar-refractivity contribution in [3.8, 4) is 5.75 Å². The number of hydrogen-bond acceptors (Lipinski definition) is 3. The maximum absolute atomic E-state index is 12.6. The van der Waals surface area contributed by atoms with Crippen molar-refractivity contribution in [3.63, 3.8) is 0 Å². The minimum Gasteiger partial charge on any atom is -0.496 e. The quantitative estimate of drug-likeness (QED) is 0.840. The minimum atomic E-state index is -0.357. The Morgan fingerprint density at radius 2 is 2.19 bits per heavy atom. The van der Waals surface area contributed by atoms with E-state index in [2.05, 4.69) is 5.32 Å². The number of nitrogens with two attached hydrogens (primary N) is 1. The van der Waals surface area contributed by atoms with Gasteiger partial charge in [-0.2, -0.15) is 0 Å². The van der Waals surface area contributed by atoms with Gasteiger partial charge >= 0.3 is 0 Å². The van der Waals surface area contributed by atoms with Gasteiger partial charge in [0.25, 0.3) is 0 Å². The SMILES string of the molecule is COc1cc(C2(C(=O)NCC(N)C3CC3)CC2)ccc1C. The lowest BCUT2D eigenvalue weighted by Gasteiger charge is -2.19. The monoisotopic (exact) mass is 288 g/mol. The van der Waals surface area contributed by atoms with Crippen molar-refractivity contribution in [1.82, 2.24) is 5.32 Å². The molecule has 3 rings (SSSR count). The fourth-order valence-corrected chi connectivity index (χ4v) is 2.96. The Kier molecular flexibility index (Phi) is 3.66. The zero-order valence-corrected chi connectivity index (χ0v) is 12.8. The maximum Gasteiger partial charge on any atom is 0.230 e. The predicted octanol–water partition coefficient (Wildman–Crippen LogP) is 1.89. The molecular weight excluding hydrogens is 264 g/mol. The number of nitrogens with one attached hydrogen (secondary N) is 1.